The number of benzene rings is 1. The van der Waals surface area contributed by atoms with Crippen LogP contribution in [0.4, 0.5) is 18.0 Å². The average molecular weight is 381 g/mol. The molecule has 146 valence electrons. The number of fused-ring (bicyclic) bond motifs is 1. The van der Waals surface area contributed by atoms with Crippen LogP contribution in [0.2, 0.25) is 0 Å². The van der Waals surface area contributed by atoms with Crippen LogP contribution in [0.15, 0.2) is 24.3 Å². The molecule has 3 aliphatic rings. The molecule has 27 heavy (non-hydrogen) atoms. The molecule has 3 fully saturated rings. The topological polar surface area (TPSA) is 43.9 Å². The summed E-state index contributed by atoms with van der Waals surface area (Å²) in [6, 6.07) is 4.94. The van der Waals surface area contributed by atoms with Crippen molar-refractivity contribution >= 4 is 11.9 Å². The summed E-state index contributed by atoms with van der Waals surface area (Å²) in [5.74, 6) is -0.254. The molecule has 1 aromatic rings. The Morgan fingerprint density at radius 1 is 0.926 bits per heavy atom. The van der Waals surface area contributed by atoms with Gasteiger partial charge in [0.1, 0.15) is 0 Å². The molecule has 8 heteroatoms. The molecule has 1 unspecified atom stereocenters. The summed E-state index contributed by atoms with van der Waals surface area (Å²) in [5, 5.41) is 0. The van der Waals surface area contributed by atoms with Crippen LogP contribution in [0.3, 0.4) is 0 Å². The number of halogens is 3. The normalized spacial score (nSPS) is 23.9. The van der Waals surface area contributed by atoms with Crippen LogP contribution in [-0.2, 0) is 6.18 Å². The van der Waals surface area contributed by atoms with Crippen molar-refractivity contribution in [2.45, 2.75) is 43.9 Å². The van der Waals surface area contributed by atoms with Gasteiger partial charge in [-0.15, -0.1) is 0 Å². The fourth-order valence-electron chi connectivity index (χ4n) is 4.42. The summed E-state index contributed by atoms with van der Waals surface area (Å²) in [7, 11) is 0. The minimum atomic E-state index is -4.41. The number of urea groups is 1. The minimum Gasteiger partial charge on any atom is -0.338 e. The van der Waals surface area contributed by atoms with Crippen LogP contribution in [0, 0.1) is 0 Å². The number of amides is 3. The van der Waals surface area contributed by atoms with Crippen molar-refractivity contribution in [1.29, 1.82) is 0 Å². The molecule has 0 N–H and O–H groups in total. The van der Waals surface area contributed by atoms with Gasteiger partial charge in [0.25, 0.3) is 5.91 Å². The first kappa shape index (κ1) is 18.1. The third-order valence-corrected chi connectivity index (χ3v) is 5.93. The lowest BCUT2D eigenvalue weighted by atomic mass is 10.0. The van der Waals surface area contributed by atoms with Gasteiger partial charge < -0.3 is 14.7 Å². The fourth-order valence-corrected chi connectivity index (χ4v) is 4.42. The maximum Gasteiger partial charge on any atom is 0.416 e. The predicted molar refractivity (Wildman–Crippen MR) is 92.2 cm³/mol. The van der Waals surface area contributed by atoms with Gasteiger partial charge in [-0.3, -0.25) is 4.79 Å². The van der Waals surface area contributed by atoms with Crippen LogP contribution in [-0.4, -0.2) is 64.9 Å². The molecule has 5 nitrogen and oxygen atoms in total. The molecule has 0 saturated carbocycles. The van der Waals surface area contributed by atoms with Gasteiger partial charge in [0, 0.05) is 37.8 Å². The standard InChI is InChI=1S/C19H22F3N3O2/c20-19(21,22)14-5-3-13(4-6-14)17(26)23-10-7-15(8-11-23)25-12-16-2-1-9-24(16)18(25)27/h3-6,15-16H,1-2,7-12H2. The molecule has 0 aliphatic carbocycles. The van der Waals surface area contributed by atoms with E-state index in [0.717, 1.165) is 38.1 Å². The maximum absolute atomic E-state index is 12.7. The zero-order chi connectivity index (χ0) is 19.2. The van der Waals surface area contributed by atoms with E-state index in [2.05, 4.69) is 0 Å². The number of hydrogen-bond donors (Lipinski definition) is 0. The highest BCUT2D eigenvalue weighted by Crippen LogP contribution is 2.31. The second kappa shape index (κ2) is 6.73. The number of carbonyl (C=O) groups excluding carboxylic acids is 2. The summed E-state index contributed by atoms with van der Waals surface area (Å²) in [4.78, 5) is 30.7. The first-order valence-corrected chi connectivity index (χ1v) is 9.38. The van der Waals surface area contributed by atoms with E-state index in [1.165, 1.54) is 12.1 Å². The lowest BCUT2D eigenvalue weighted by molar-refractivity contribution is -0.137. The molecule has 3 aliphatic heterocycles. The van der Waals surface area contributed by atoms with Crippen molar-refractivity contribution < 1.29 is 22.8 Å². The van der Waals surface area contributed by atoms with Crippen LogP contribution in [0.1, 0.15) is 41.6 Å². The number of hydrogen-bond acceptors (Lipinski definition) is 2. The summed E-state index contributed by atoms with van der Waals surface area (Å²) in [6.45, 7) is 2.64. The summed E-state index contributed by atoms with van der Waals surface area (Å²) >= 11 is 0. The third-order valence-electron chi connectivity index (χ3n) is 5.93. The number of piperidine rings is 1. The van der Waals surface area contributed by atoms with Crippen LogP contribution >= 0.6 is 0 Å². The highest BCUT2D eigenvalue weighted by atomic mass is 19.4. The molecule has 1 aromatic carbocycles. The summed E-state index contributed by atoms with van der Waals surface area (Å²) in [6.07, 6.45) is -0.855. The van der Waals surface area contributed by atoms with Crippen molar-refractivity contribution in [2.24, 2.45) is 0 Å². The lowest BCUT2D eigenvalue weighted by Crippen LogP contribution is -2.48. The summed E-state index contributed by atoms with van der Waals surface area (Å²) in [5.41, 5.74) is -0.495. The number of alkyl halides is 3. The van der Waals surface area contributed by atoms with Gasteiger partial charge in [-0.25, -0.2) is 4.79 Å². The van der Waals surface area contributed by atoms with E-state index < -0.39 is 11.7 Å². The van der Waals surface area contributed by atoms with E-state index in [1.54, 1.807) is 4.90 Å². The number of likely N-dealkylation sites (tertiary alicyclic amines) is 1. The van der Waals surface area contributed by atoms with Gasteiger partial charge in [0.05, 0.1) is 11.6 Å². The Balaban J connectivity index is 1.35. The third kappa shape index (κ3) is 3.37. The highest BCUT2D eigenvalue weighted by molar-refractivity contribution is 5.94. The number of nitrogens with zero attached hydrogens (tertiary/aromatic N) is 3. The van der Waals surface area contributed by atoms with Gasteiger partial charge in [-0.05, 0) is 49.9 Å². The molecule has 0 bridgehead atoms. The van der Waals surface area contributed by atoms with E-state index in [-0.39, 0.29) is 23.5 Å². The zero-order valence-electron chi connectivity index (χ0n) is 14.9. The highest BCUT2D eigenvalue weighted by Gasteiger charge is 2.43. The van der Waals surface area contributed by atoms with Gasteiger partial charge in [-0.2, -0.15) is 13.2 Å². The smallest absolute Gasteiger partial charge is 0.338 e. The number of rotatable bonds is 2. The zero-order valence-corrected chi connectivity index (χ0v) is 14.9. The molecule has 3 amide bonds. The fraction of sp³-hybridized carbons (Fsp3) is 0.579. The second-order valence-electron chi connectivity index (χ2n) is 7.52. The monoisotopic (exact) mass is 381 g/mol. The quantitative estimate of drug-likeness (QED) is 0.790. The Morgan fingerprint density at radius 2 is 1.59 bits per heavy atom. The second-order valence-corrected chi connectivity index (χ2v) is 7.52. The van der Waals surface area contributed by atoms with Crippen molar-refractivity contribution in [3.8, 4) is 0 Å². The van der Waals surface area contributed by atoms with E-state index in [9.17, 15) is 22.8 Å². The van der Waals surface area contributed by atoms with E-state index in [4.69, 9.17) is 0 Å². The Morgan fingerprint density at radius 3 is 2.19 bits per heavy atom. The van der Waals surface area contributed by atoms with Crippen molar-refractivity contribution in [3.05, 3.63) is 35.4 Å². The van der Waals surface area contributed by atoms with E-state index >= 15 is 0 Å². The molecule has 1 atom stereocenters. The van der Waals surface area contributed by atoms with E-state index in [0.29, 0.717) is 32.0 Å². The first-order chi connectivity index (χ1) is 12.8. The molecule has 3 saturated heterocycles. The predicted octanol–water partition coefficient (Wildman–Crippen LogP) is 3.21. The van der Waals surface area contributed by atoms with Gasteiger partial charge in [0.15, 0.2) is 0 Å². The Hall–Kier alpha value is -2.25. The van der Waals surface area contributed by atoms with Crippen LogP contribution < -0.4 is 0 Å². The van der Waals surface area contributed by atoms with Crippen molar-refractivity contribution in [2.75, 3.05) is 26.2 Å². The molecule has 4 rings (SSSR count). The molecular weight excluding hydrogens is 359 g/mol. The van der Waals surface area contributed by atoms with Gasteiger partial charge in [0.2, 0.25) is 0 Å². The van der Waals surface area contributed by atoms with Crippen molar-refractivity contribution in [3.63, 3.8) is 0 Å². The molecule has 0 aromatic heterocycles. The molecular formula is C19H22F3N3O2. The Kier molecular flexibility index (Phi) is 4.52. The Bertz CT molecular complexity index is 727. The SMILES string of the molecule is O=C(c1ccc(C(F)(F)F)cc1)N1CCC(N2CC3CCCN3C2=O)CC1. The first-order valence-electron chi connectivity index (χ1n) is 9.38. The van der Waals surface area contributed by atoms with Gasteiger partial charge in [-0.1, -0.05) is 0 Å². The maximum atomic E-state index is 12.7. The van der Waals surface area contributed by atoms with Crippen LogP contribution in [0.25, 0.3) is 0 Å². The molecule has 0 spiro atoms. The van der Waals surface area contributed by atoms with Crippen LogP contribution in [0.5, 0.6) is 0 Å². The lowest BCUT2D eigenvalue weighted by Gasteiger charge is -2.36. The van der Waals surface area contributed by atoms with E-state index in [1.807, 2.05) is 9.80 Å². The Labute approximate surface area is 155 Å². The average Bonchev–Trinajstić information content (AvgIpc) is 3.24. The number of carbonyl (C=O) groups is 2. The molecule has 3 heterocycles. The van der Waals surface area contributed by atoms with Gasteiger partial charge >= 0.3 is 12.2 Å². The minimum absolute atomic E-state index is 0.116. The van der Waals surface area contributed by atoms with Crippen molar-refractivity contribution in [1.82, 2.24) is 14.7 Å². The largest absolute Gasteiger partial charge is 0.416 e. The summed E-state index contributed by atoms with van der Waals surface area (Å²) < 4.78 is 38.0. The molecule has 0 radical (unpaired) electrons.